The second-order valence-corrected chi connectivity index (χ2v) is 13.5. The Morgan fingerprint density at radius 2 is 1.51 bits per heavy atom. The van der Waals surface area contributed by atoms with E-state index in [-0.39, 0.29) is 67.9 Å². The normalized spacial score (nSPS) is 12.2. The van der Waals surface area contributed by atoms with E-state index in [0.29, 0.717) is 17.5 Å². The molecule has 278 valence electrons. The minimum Gasteiger partial charge on any atom is -0.444 e. The summed E-state index contributed by atoms with van der Waals surface area (Å²) in [5, 5.41) is 16.0. The third-order valence-corrected chi connectivity index (χ3v) is 7.50. The third-order valence-electron chi connectivity index (χ3n) is 7.50. The average Bonchev–Trinajstić information content (AvgIpc) is 3.04. The Morgan fingerprint density at radius 3 is 2.06 bits per heavy atom. The highest BCUT2D eigenvalue weighted by molar-refractivity contribution is 5.93. The summed E-state index contributed by atoms with van der Waals surface area (Å²) in [7, 11) is 3.28. The van der Waals surface area contributed by atoms with Gasteiger partial charge in [0.15, 0.2) is 5.78 Å². The lowest BCUT2D eigenvalue weighted by molar-refractivity contribution is -0.384. The first-order chi connectivity index (χ1) is 23.8. The number of nitrogens with zero attached hydrogens (tertiary/aromatic N) is 2. The van der Waals surface area contributed by atoms with Crippen LogP contribution >= 0.6 is 0 Å². The Hall–Kier alpha value is -5.34. The van der Waals surface area contributed by atoms with Crippen molar-refractivity contribution in [3.63, 3.8) is 0 Å². The van der Waals surface area contributed by atoms with Gasteiger partial charge in [-0.3, -0.25) is 29.3 Å². The van der Waals surface area contributed by atoms with Gasteiger partial charge in [-0.2, -0.15) is 0 Å². The molecular weight excluding hydrogens is 664 g/mol. The zero-order chi connectivity index (χ0) is 38.3. The Kier molecular flexibility index (Phi) is 16.2. The highest BCUT2D eigenvalue weighted by Crippen LogP contribution is 2.20. The maximum Gasteiger partial charge on any atom is 0.514 e. The number of carbonyl (C=O) groups is 6. The van der Waals surface area contributed by atoms with Gasteiger partial charge in [0.2, 0.25) is 11.8 Å². The van der Waals surface area contributed by atoms with Crippen LogP contribution in [0, 0.1) is 22.0 Å². The fraction of sp³-hybridized carbons (Fsp3) is 0.500. The molecule has 2 rings (SSSR count). The van der Waals surface area contributed by atoms with Gasteiger partial charge in [-0.05, 0) is 56.4 Å². The zero-order valence-electron chi connectivity index (χ0n) is 30.2. The maximum absolute atomic E-state index is 13.5. The highest BCUT2D eigenvalue weighted by atomic mass is 16.7. The fourth-order valence-corrected chi connectivity index (χ4v) is 4.64. The standard InChI is InChI=1S/C36H48N4O11/c1-23(2)29(20-27(41)9-8-10-32(43)39(6)7)33(44)38-30(21-37-34(45)51-36(3,4)5)31(42)19-24-11-13-25(14-12-24)22-49-35(46)50-28-17-15-26(16-18-28)40(47)48/h11-18,23,29-30H,8-10,19-22H2,1-7H3,(H,37,45)(H,38,44)/t29-,30-/m0/s1. The first kappa shape index (κ1) is 41.8. The van der Waals surface area contributed by atoms with E-state index in [1.807, 2.05) is 0 Å². The van der Waals surface area contributed by atoms with Crippen LogP contribution in [0.25, 0.3) is 0 Å². The van der Waals surface area contributed by atoms with Gasteiger partial charge in [0.1, 0.15) is 29.8 Å². The molecule has 0 spiro atoms. The topological polar surface area (TPSA) is 201 Å². The molecule has 0 saturated heterocycles. The van der Waals surface area contributed by atoms with Crippen LogP contribution in [0.5, 0.6) is 5.75 Å². The molecular formula is C36H48N4O11. The number of carbonyl (C=O) groups excluding carboxylic acids is 6. The molecule has 15 heteroatoms. The number of alkyl carbamates (subject to hydrolysis) is 1. The Labute approximate surface area is 297 Å². The van der Waals surface area contributed by atoms with Crippen molar-refractivity contribution in [2.24, 2.45) is 11.8 Å². The van der Waals surface area contributed by atoms with Crippen molar-refractivity contribution < 1.29 is 47.9 Å². The van der Waals surface area contributed by atoms with Gasteiger partial charge in [0.25, 0.3) is 5.69 Å². The van der Waals surface area contributed by atoms with Crippen LogP contribution in [-0.2, 0) is 41.7 Å². The number of hydrogen-bond donors (Lipinski definition) is 2. The molecule has 0 aliphatic carbocycles. The predicted octanol–water partition coefficient (Wildman–Crippen LogP) is 4.92. The van der Waals surface area contributed by atoms with Crippen LogP contribution in [0.4, 0.5) is 15.3 Å². The van der Waals surface area contributed by atoms with Crippen LogP contribution in [0.15, 0.2) is 48.5 Å². The Bertz CT molecular complexity index is 1530. The lowest BCUT2D eigenvalue weighted by Crippen LogP contribution is -2.51. The van der Waals surface area contributed by atoms with Crippen LogP contribution in [0.2, 0.25) is 0 Å². The largest absolute Gasteiger partial charge is 0.514 e. The SMILES string of the molecule is CC(C)[C@H](CC(=O)CCCC(=O)N(C)C)C(=O)N[C@@H](CNC(=O)OC(C)(C)C)C(=O)Cc1ccc(COC(=O)Oc2ccc([N+](=O)[O-])cc2)cc1. The van der Waals surface area contributed by atoms with Crippen LogP contribution in [-0.4, -0.2) is 77.7 Å². The average molecular weight is 713 g/mol. The minimum atomic E-state index is -1.14. The van der Waals surface area contributed by atoms with Crippen LogP contribution < -0.4 is 15.4 Å². The first-order valence-electron chi connectivity index (χ1n) is 16.5. The number of hydrogen-bond acceptors (Lipinski definition) is 11. The number of non-ortho nitro benzene ring substituents is 1. The van der Waals surface area contributed by atoms with Gasteiger partial charge in [-0.15, -0.1) is 0 Å². The molecule has 0 aromatic heterocycles. The molecule has 0 bridgehead atoms. The van der Waals surface area contributed by atoms with Crippen molar-refractivity contribution in [2.75, 3.05) is 20.6 Å². The van der Waals surface area contributed by atoms with E-state index in [1.165, 1.54) is 29.2 Å². The van der Waals surface area contributed by atoms with Gasteiger partial charge >= 0.3 is 12.2 Å². The van der Waals surface area contributed by atoms with E-state index >= 15 is 0 Å². The molecule has 0 unspecified atom stereocenters. The second-order valence-electron chi connectivity index (χ2n) is 13.5. The van der Waals surface area contributed by atoms with E-state index in [4.69, 9.17) is 14.2 Å². The molecule has 0 fully saturated rings. The molecule has 0 radical (unpaired) electrons. The van der Waals surface area contributed by atoms with E-state index in [2.05, 4.69) is 10.6 Å². The Balaban J connectivity index is 2.05. The van der Waals surface area contributed by atoms with Crippen molar-refractivity contribution in [1.29, 1.82) is 0 Å². The number of nitro benzene ring substituents is 1. The van der Waals surface area contributed by atoms with Crippen LogP contribution in [0.3, 0.4) is 0 Å². The number of benzene rings is 2. The summed E-state index contributed by atoms with van der Waals surface area (Å²) < 4.78 is 15.4. The molecule has 2 aromatic rings. The number of nitro groups is 1. The van der Waals surface area contributed by atoms with Gasteiger partial charge in [0.05, 0.1) is 4.92 Å². The fourth-order valence-electron chi connectivity index (χ4n) is 4.64. The highest BCUT2D eigenvalue weighted by Gasteiger charge is 2.30. The molecule has 2 aromatic carbocycles. The summed E-state index contributed by atoms with van der Waals surface area (Å²) in [5.74, 6) is -2.11. The summed E-state index contributed by atoms with van der Waals surface area (Å²) in [5.41, 5.74) is 0.214. The quantitative estimate of drug-likeness (QED) is 0.0920. The van der Waals surface area contributed by atoms with E-state index in [9.17, 15) is 38.9 Å². The predicted molar refractivity (Wildman–Crippen MR) is 186 cm³/mol. The molecule has 0 aliphatic rings. The van der Waals surface area contributed by atoms with Gasteiger partial charge < -0.3 is 29.7 Å². The van der Waals surface area contributed by atoms with Gasteiger partial charge in [-0.1, -0.05) is 38.1 Å². The summed E-state index contributed by atoms with van der Waals surface area (Å²) in [6.45, 7) is 8.25. The molecule has 2 N–H and O–H groups in total. The van der Waals surface area contributed by atoms with Gasteiger partial charge in [-0.25, -0.2) is 9.59 Å². The maximum atomic E-state index is 13.5. The number of ketones is 2. The molecule has 51 heavy (non-hydrogen) atoms. The summed E-state index contributed by atoms with van der Waals surface area (Å²) in [6, 6.07) is 10.4. The molecule has 0 heterocycles. The number of rotatable bonds is 18. The van der Waals surface area contributed by atoms with Crippen molar-refractivity contribution in [3.05, 3.63) is 69.8 Å². The lowest BCUT2D eigenvalue weighted by atomic mass is 9.88. The third kappa shape index (κ3) is 15.8. The summed E-state index contributed by atoms with van der Waals surface area (Å²) in [6.07, 6.45) is -1.25. The van der Waals surface area contributed by atoms with E-state index in [1.54, 1.807) is 73.0 Å². The van der Waals surface area contributed by atoms with Crippen molar-refractivity contribution in [1.82, 2.24) is 15.5 Å². The summed E-state index contributed by atoms with van der Waals surface area (Å²) in [4.78, 5) is 87.7. The van der Waals surface area contributed by atoms with E-state index < -0.39 is 46.4 Å². The summed E-state index contributed by atoms with van der Waals surface area (Å²) >= 11 is 0. The monoisotopic (exact) mass is 712 g/mol. The van der Waals surface area contributed by atoms with Crippen molar-refractivity contribution >= 4 is 41.3 Å². The number of nitrogens with one attached hydrogen (secondary N) is 2. The number of amides is 3. The van der Waals surface area contributed by atoms with Gasteiger partial charge in [0, 0.05) is 64.4 Å². The lowest BCUT2D eigenvalue weighted by Gasteiger charge is -2.25. The smallest absolute Gasteiger partial charge is 0.444 e. The molecule has 0 saturated carbocycles. The number of Topliss-reactive ketones (excluding diaryl/α,β-unsaturated/α-hetero) is 2. The number of ether oxygens (including phenoxy) is 3. The molecule has 2 atom stereocenters. The van der Waals surface area contributed by atoms with E-state index in [0.717, 1.165) is 0 Å². The van der Waals surface area contributed by atoms with Crippen LogP contribution in [0.1, 0.15) is 71.4 Å². The molecule has 15 nitrogen and oxygen atoms in total. The first-order valence-corrected chi connectivity index (χ1v) is 16.5. The van der Waals surface area contributed by atoms with Crippen molar-refractivity contribution in [2.45, 2.75) is 85.0 Å². The second kappa shape index (κ2) is 19.7. The zero-order valence-corrected chi connectivity index (χ0v) is 30.2. The minimum absolute atomic E-state index is 0.0645. The Morgan fingerprint density at radius 1 is 0.902 bits per heavy atom. The molecule has 0 aliphatic heterocycles. The van der Waals surface area contributed by atoms with Crippen molar-refractivity contribution in [3.8, 4) is 5.75 Å². The molecule has 3 amide bonds.